The lowest BCUT2D eigenvalue weighted by Gasteiger charge is -2.17. The van der Waals surface area contributed by atoms with E-state index in [1.165, 1.54) is 19.1 Å². The predicted molar refractivity (Wildman–Crippen MR) is 60.9 cm³/mol. The highest BCUT2D eigenvalue weighted by molar-refractivity contribution is 5.99. The molecule has 5 nitrogen and oxygen atoms in total. The van der Waals surface area contributed by atoms with Crippen LogP contribution in [0.1, 0.15) is 28.9 Å². The van der Waals surface area contributed by atoms with Crippen LogP contribution in [-0.4, -0.2) is 28.6 Å². The lowest BCUT2D eigenvalue weighted by atomic mass is 9.99. The van der Waals surface area contributed by atoms with Crippen LogP contribution >= 0.6 is 0 Å². The van der Waals surface area contributed by atoms with E-state index in [0.717, 1.165) is 0 Å². The van der Waals surface area contributed by atoms with Crippen molar-refractivity contribution >= 4 is 11.5 Å². The van der Waals surface area contributed by atoms with Gasteiger partial charge in [0.2, 0.25) is 0 Å². The van der Waals surface area contributed by atoms with Crippen LogP contribution in [0.5, 0.6) is 0 Å². The molecule has 88 valence electrons. The molecule has 0 aliphatic carbocycles. The average Bonchev–Trinajstić information content (AvgIpc) is 2.27. The Morgan fingerprint density at radius 3 is 2.56 bits per heavy atom. The number of carbonyl (C=O) groups is 1. The minimum Gasteiger partial charge on any atom is -0.398 e. The SMILES string of the molecule is CC(=O)c1cc(C(O)C(O)CN)ccc1N. The fourth-order valence-corrected chi connectivity index (χ4v) is 1.41. The van der Waals surface area contributed by atoms with E-state index in [1.807, 2.05) is 0 Å². The van der Waals surface area contributed by atoms with E-state index in [-0.39, 0.29) is 12.3 Å². The van der Waals surface area contributed by atoms with Gasteiger partial charge in [0.1, 0.15) is 6.10 Å². The first kappa shape index (κ1) is 12.6. The van der Waals surface area contributed by atoms with Crippen molar-refractivity contribution in [2.75, 3.05) is 12.3 Å². The molecule has 1 aromatic carbocycles. The molecule has 0 amide bonds. The smallest absolute Gasteiger partial charge is 0.161 e. The summed E-state index contributed by atoms with van der Waals surface area (Å²) in [5.74, 6) is -0.186. The number of aliphatic hydroxyl groups excluding tert-OH is 2. The number of hydrogen-bond acceptors (Lipinski definition) is 5. The van der Waals surface area contributed by atoms with Gasteiger partial charge in [0.25, 0.3) is 0 Å². The molecule has 0 saturated carbocycles. The Morgan fingerprint density at radius 1 is 1.44 bits per heavy atom. The second-order valence-electron chi connectivity index (χ2n) is 3.65. The quantitative estimate of drug-likeness (QED) is 0.419. The van der Waals surface area contributed by atoms with Crippen LogP contribution in [0.15, 0.2) is 18.2 Å². The lowest BCUT2D eigenvalue weighted by Crippen LogP contribution is -2.27. The van der Waals surface area contributed by atoms with Gasteiger partial charge in [-0.05, 0) is 24.6 Å². The van der Waals surface area contributed by atoms with Gasteiger partial charge in [0, 0.05) is 17.8 Å². The number of anilines is 1. The summed E-state index contributed by atoms with van der Waals surface area (Å²) in [4.78, 5) is 11.2. The predicted octanol–water partition coefficient (Wildman–Crippen LogP) is -0.176. The van der Waals surface area contributed by atoms with Crippen molar-refractivity contribution in [1.29, 1.82) is 0 Å². The molecule has 1 aromatic rings. The van der Waals surface area contributed by atoms with E-state index >= 15 is 0 Å². The van der Waals surface area contributed by atoms with Gasteiger partial charge in [-0.1, -0.05) is 6.07 Å². The highest BCUT2D eigenvalue weighted by Crippen LogP contribution is 2.22. The van der Waals surface area contributed by atoms with E-state index in [9.17, 15) is 15.0 Å². The molecule has 0 heterocycles. The van der Waals surface area contributed by atoms with Crippen LogP contribution < -0.4 is 11.5 Å². The van der Waals surface area contributed by atoms with E-state index in [0.29, 0.717) is 16.8 Å². The fraction of sp³-hybridized carbons (Fsp3) is 0.364. The Balaban J connectivity index is 3.07. The summed E-state index contributed by atoms with van der Waals surface area (Å²) in [7, 11) is 0. The van der Waals surface area contributed by atoms with Crippen LogP contribution in [0.4, 0.5) is 5.69 Å². The Kier molecular flexibility index (Phi) is 4.00. The van der Waals surface area contributed by atoms with Crippen molar-refractivity contribution in [2.45, 2.75) is 19.1 Å². The second-order valence-corrected chi connectivity index (χ2v) is 3.65. The molecule has 0 radical (unpaired) electrons. The van der Waals surface area contributed by atoms with E-state index in [1.54, 1.807) is 6.07 Å². The zero-order valence-corrected chi connectivity index (χ0v) is 9.05. The minimum absolute atomic E-state index is 0.0546. The summed E-state index contributed by atoms with van der Waals surface area (Å²) in [5, 5.41) is 19.1. The Morgan fingerprint density at radius 2 is 2.06 bits per heavy atom. The normalized spacial score (nSPS) is 14.5. The number of carbonyl (C=O) groups excluding carboxylic acids is 1. The van der Waals surface area contributed by atoms with Crippen LogP contribution in [0.25, 0.3) is 0 Å². The van der Waals surface area contributed by atoms with Crippen molar-refractivity contribution < 1.29 is 15.0 Å². The first-order chi connectivity index (χ1) is 7.47. The molecule has 0 aliphatic rings. The maximum atomic E-state index is 11.2. The Hall–Kier alpha value is -1.43. The van der Waals surface area contributed by atoms with Gasteiger partial charge in [0.05, 0.1) is 6.10 Å². The number of ketones is 1. The van der Waals surface area contributed by atoms with Crippen molar-refractivity contribution in [3.8, 4) is 0 Å². The molecule has 0 aliphatic heterocycles. The molecule has 0 spiro atoms. The first-order valence-corrected chi connectivity index (χ1v) is 4.94. The molecular weight excluding hydrogens is 208 g/mol. The number of aliphatic hydroxyl groups is 2. The third-order valence-electron chi connectivity index (χ3n) is 2.40. The number of hydrogen-bond donors (Lipinski definition) is 4. The monoisotopic (exact) mass is 224 g/mol. The molecule has 2 atom stereocenters. The van der Waals surface area contributed by atoms with E-state index in [4.69, 9.17) is 11.5 Å². The third-order valence-corrected chi connectivity index (χ3v) is 2.40. The number of nitrogens with two attached hydrogens (primary N) is 2. The summed E-state index contributed by atoms with van der Waals surface area (Å²) in [6.07, 6.45) is -2.16. The molecule has 0 aromatic heterocycles. The minimum atomic E-state index is -1.11. The largest absolute Gasteiger partial charge is 0.398 e. The average molecular weight is 224 g/mol. The van der Waals surface area contributed by atoms with Gasteiger partial charge >= 0.3 is 0 Å². The maximum absolute atomic E-state index is 11.2. The molecule has 16 heavy (non-hydrogen) atoms. The number of rotatable bonds is 4. The van der Waals surface area contributed by atoms with E-state index in [2.05, 4.69) is 0 Å². The molecule has 1 rings (SSSR count). The van der Waals surface area contributed by atoms with Crippen molar-refractivity contribution in [3.05, 3.63) is 29.3 Å². The topological polar surface area (TPSA) is 110 Å². The summed E-state index contributed by atoms with van der Waals surface area (Å²) in [5.41, 5.74) is 12.0. The zero-order chi connectivity index (χ0) is 12.3. The van der Waals surface area contributed by atoms with Gasteiger partial charge in [-0.3, -0.25) is 4.79 Å². The zero-order valence-electron chi connectivity index (χ0n) is 9.05. The van der Waals surface area contributed by atoms with Crippen molar-refractivity contribution in [2.24, 2.45) is 5.73 Å². The van der Waals surface area contributed by atoms with Crippen LogP contribution in [-0.2, 0) is 0 Å². The number of nitrogen functional groups attached to an aromatic ring is 1. The first-order valence-electron chi connectivity index (χ1n) is 4.94. The van der Waals surface area contributed by atoms with Crippen molar-refractivity contribution in [1.82, 2.24) is 0 Å². The third kappa shape index (κ3) is 2.57. The highest BCUT2D eigenvalue weighted by atomic mass is 16.3. The highest BCUT2D eigenvalue weighted by Gasteiger charge is 2.18. The summed E-state index contributed by atoms with van der Waals surface area (Å²) >= 11 is 0. The molecule has 0 saturated heterocycles. The van der Waals surface area contributed by atoms with Gasteiger partial charge in [-0.15, -0.1) is 0 Å². The number of benzene rings is 1. The molecule has 2 unspecified atom stereocenters. The Bertz CT molecular complexity index is 393. The summed E-state index contributed by atoms with van der Waals surface area (Å²) < 4.78 is 0. The van der Waals surface area contributed by atoms with Crippen LogP contribution in [0, 0.1) is 0 Å². The summed E-state index contributed by atoms with van der Waals surface area (Å²) in [6, 6.07) is 4.56. The standard InChI is InChI=1S/C11H16N2O3/c1-6(14)8-4-7(2-3-9(8)13)11(16)10(15)5-12/h2-4,10-11,15-16H,5,12-13H2,1H3. The molecule has 5 heteroatoms. The Labute approximate surface area is 93.7 Å². The molecule has 0 fully saturated rings. The molecule has 0 bridgehead atoms. The van der Waals surface area contributed by atoms with Crippen molar-refractivity contribution in [3.63, 3.8) is 0 Å². The molecular formula is C11H16N2O3. The molecule has 6 N–H and O–H groups in total. The van der Waals surface area contributed by atoms with Crippen LogP contribution in [0.3, 0.4) is 0 Å². The van der Waals surface area contributed by atoms with Crippen LogP contribution in [0.2, 0.25) is 0 Å². The van der Waals surface area contributed by atoms with Gasteiger partial charge in [-0.25, -0.2) is 0 Å². The lowest BCUT2D eigenvalue weighted by molar-refractivity contribution is 0.0243. The van der Waals surface area contributed by atoms with Gasteiger partial charge in [-0.2, -0.15) is 0 Å². The van der Waals surface area contributed by atoms with Gasteiger partial charge in [0.15, 0.2) is 5.78 Å². The second kappa shape index (κ2) is 5.07. The summed E-state index contributed by atoms with van der Waals surface area (Å²) in [6.45, 7) is 1.34. The fourth-order valence-electron chi connectivity index (χ4n) is 1.41. The number of Topliss-reactive ketones (excluding diaryl/α,β-unsaturated/α-hetero) is 1. The maximum Gasteiger partial charge on any atom is 0.161 e. The van der Waals surface area contributed by atoms with E-state index < -0.39 is 12.2 Å². The van der Waals surface area contributed by atoms with Gasteiger partial charge < -0.3 is 21.7 Å².